The van der Waals surface area contributed by atoms with Crippen LogP contribution in [0.2, 0.25) is 0 Å². The highest BCUT2D eigenvalue weighted by atomic mass is 35.5. The lowest BCUT2D eigenvalue weighted by Gasteiger charge is -2.39. The molecule has 0 aliphatic carbocycles. The number of hydrogen-bond donors (Lipinski definition) is 1. The van der Waals surface area contributed by atoms with Crippen molar-refractivity contribution in [1.29, 1.82) is 0 Å². The summed E-state index contributed by atoms with van der Waals surface area (Å²) in [5, 5.41) is 20.0. The highest BCUT2D eigenvalue weighted by Crippen LogP contribution is 2.31. The van der Waals surface area contributed by atoms with Crippen molar-refractivity contribution in [1.82, 2.24) is 9.80 Å². The van der Waals surface area contributed by atoms with Crippen molar-refractivity contribution in [3.8, 4) is 0 Å². The molecule has 1 atom stereocenters. The van der Waals surface area contributed by atoms with Crippen molar-refractivity contribution in [3.63, 3.8) is 0 Å². The van der Waals surface area contributed by atoms with E-state index in [0.29, 0.717) is 0 Å². The molecular weight excluding hydrogens is 334 g/mol. The van der Waals surface area contributed by atoms with Gasteiger partial charge in [-0.1, -0.05) is 18.2 Å². The predicted molar refractivity (Wildman–Crippen MR) is 93.6 cm³/mol. The zero-order valence-electron chi connectivity index (χ0n) is 13.9. The van der Waals surface area contributed by atoms with E-state index in [0.717, 1.165) is 31.5 Å². The summed E-state index contributed by atoms with van der Waals surface area (Å²) >= 11 is 0. The smallest absolute Gasteiger partial charge is 0.317 e. The van der Waals surface area contributed by atoms with E-state index in [1.165, 1.54) is 0 Å². The van der Waals surface area contributed by atoms with Crippen molar-refractivity contribution in [2.75, 3.05) is 26.7 Å². The lowest BCUT2D eigenvalue weighted by Crippen LogP contribution is -2.45. The molecule has 1 N–H and O–H groups in total. The molecule has 134 valence electrons. The molecule has 1 saturated heterocycles. The molecule has 0 spiro atoms. The summed E-state index contributed by atoms with van der Waals surface area (Å²) in [6.45, 7) is 3.65. The van der Waals surface area contributed by atoms with Gasteiger partial charge in [-0.25, -0.2) is 0 Å². The largest absolute Gasteiger partial charge is 0.480 e. The number of carboxylic acid groups (broad SMARTS) is 1. The molecule has 1 heterocycles. The number of nitro benzene ring substituents is 1. The van der Waals surface area contributed by atoms with E-state index in [2.05, 4.69) is 4.90 Å². The second kappa shape index (κ2) is 8.96. The van der Waals surface area contributed by atoms with Crippen LogP contribution in [0.5, 0.6) is 0 Å². The number of hydrogen-bond acceptors (Lipinski definition) is 5. The van der Waals surface area contributed by atoms with Gasteiger partial charge in [0.25, 0.3) is 5.69 Å². The summed E-state index contributed by atoms with van der Waals surface area (Å²) in [6, 6.07) is 7.08. The fourth-order valence-electron chi connectivity index (χ4n) is 3.26. The molecule has 1 unspecified atom stereocenters. The lowest BCUT2D eigenvalue weighted by molar-refractivity contribution is -0.386. The van der Waals surface area contributed by atoms with Crippen LogP contribution < -0.4 is 0 Å². The second-order valence-corrected chi connectivity index (χ2v) is 6.07. The van der Waals surface area contributed by atoms with E-state index in [-0.39, 0.29) is 41.6 Å². The lowest BCUT2D eigenvalue weighted by atomic mass is 9.98. The summed E-state index contributed by atoms with van der Waals surface area (Å²) in [5.74, 6) is -0.816. The highest BCUT2D eigenvalue weighted by molar-refractivity contribution is 5.85. The first-order valence-corrected chi connectivity index (χ1v) is 7.79. The maximum Gasteiger partial charge on any atom is 0.317 e. The minimum absolute atomic E-state index is 0. The van der Waals surface area contributed by atoms with Crippen molar-refractivity contribution in [2.24, 2.45) is 0 Å². The number of benzene rings is 1. The average Bonchev–Trinajstić information content (AvgIpc) is 2.53. The van der Waals surface area contributed by atoms with Gasteiger partial charge in [0.2, 0.25) is 0 Å². The van der Waals surface area contributed by atoms with E-state index in [9.17, 15) is 14.9 Å². The van der Waals surface area contributed by atoms with Gasteiger partial charge in [0, 0.05) is 36.8 Å². The molecule has 0 aromatic heterocycles. The topological polar surface area (TPSA) is 86.9 Å². The van der Waals surface area contributed by atoms with E-state index < -0.39 is 5.97 Å². The third-order valence-corrected chi connectivity index (χ3v) is 4.64. The molecule has 1 aromatic carbocycles. The van der Waals surface area contributed by atoms with E-state index in [4.69, 9.17) is 5.11 Å². The first kappa shape index (κ1) is 20.3. The number of carbonyl (C=O) groups is 1. The molecule has 1 aliphatic heterocycles. The Bertz CT molecular complexity index is 576. The van der Waals surface area contributed by atoms with Crippen LogP contribution in [0.1, 0.15) is 31.4 Å². The number of piperidine rings is 1. The summed E-state index contributed by atoms with van der Waals surface area (Å²) in [4.78, 5) is 25.7. The van der Waals surface area contributed by atoms with E-state index in [1.807, 2.05) is 31.0 Å². The van der Waals surface area contributed by atoms with Gasteiger partial charge in [-0.15, -0.1) is 12.4 Å². The van der Waals surface area contributed by atoms with Gasteiger partial charge in [-0.2, -0.15) is 0 Å². The highest BCUT2D eigenvalue weighted by Gasteiger charge is 2.29. The Hall–Kier alpha value is -1.70. The Kier molecular flexibility index (Phi) is 7.59. The molecule has 0 saturated carbocycles. The summed E-state index contributed by atoms with van der Waals surface area (Å²) in [6.07, 6.45) is 1.74. The molecule has 1 fully saturated rings. The van der Waals surface area contributed by atoms with Crippen molar-refractivity contribution in [3.05, 3.63) is 39.9 Å². The van der Waals surface area contributed by atoms with Crippen LogP contribution in [0.3, 0.4) is 0 Å². The third-order valence-electron chi connectivity index (χ3n) is 4.64. The standard InChI is InChI=1S/C16H23N3O4.ClH/c1-12(14-5-3-4-6-15(14)19(22)23)18-9-7-13(8-10-18)17(2)11-16(20)21;/h3-6,12-13H,7-11H2,1-2H3,(H,20,21);1H. The number of likely N-dealkylation sites (tertiary alicyclic amines) is 1. The van der Waals surface area contributed by atoms with Crippen LogP contribution in [0.15, 0.2) is 24.3 Å². The molecule has 0 amide bonds. The van der Waals surface area contributed by atoms with Crippen LogP contribution in [-0.2, 0) is 4.79 Å². The van der Waals surface area contributed by atoms with Gasteiger partial charge in [0.15, 0.2) is 0 Å². The molecule has 0 radical (unpaired) electrons. The van der Waals surface area contributed by atoms with Crippen molar-refractivity contribution >= 4 is 24.1 Å². The number of halogens is 1. The minimum Gasteiger partial charge on any atom is -0.480 e. The zero-order valence-corrected chi connectivity index (χ0v) is 14.7. The maximum absolute atomic E-state index is 11.2. The van der Waals surface area contributed by atoms with Gasteiger partial charge < -0.3 is 5.11 Å². The monoisotopic (exact) mass is 357 g/mol. The second-order valence-electron chi connectivity index (χ2n) is 6.07. The normalized spacial score (nSPS) is 17.3. The number of para-hydroxylation sites is 1. The van der Waals surface area contributed by atoms with Crippen LogP contribution in [-0.4, -0.2) is 58.5 Å². The third kappa shape index (κ3) is 4.90. The quantitative estimate of drug-likeness (QED) is 0.622. The Balaban J connectivity index is 0.00000288. The number of carboxylic acids is 1. The molecule has 1 aliphatic rings. The number of nitro groups is 1. The van der Waals surface area contributed by atoms with Gasteiger partial charge in [0.1, 0.15) is 0 Å². The molecule has 2 rings (SSSR count). The van der Waals surface area contributed by atoms with Crippen LogP contribution in [0.25, 0.3) is 0 Å². The van der Waals surface area contributed by atoms with Gasteiger partial charge in [-0.3, -0.25) is 24.7 Å². The molecular formula is C16H24ClN3O4. The number of rotatable bonds is 6. The Morgan fingerprint density at radius 3 is 2.54 bits per heavy atom. The minimum atomic E-state index is -0.816. The van der Waals surface area contributed by atoms with Gasteiger partial charge >= 0.3 is 5.97 Å². The Morgan fingerprint density at radius 2 is 2.00 bits per heavy atom. The maximum atomic E-state index is 11.2. The molecule has 7 nitrogen and oxygen atoms in total. The Labute approximate surface area is 147 Å². The molecule has 0 bridgehead atoms. The van der Waals surface area contributed by atoms with Crippen LogP contribution in [0, 0.1) is 10.1 Å². The number of aliphatic carboxylic acids is 1. The first-order chi connectivity index (χ1) is 10.9. The summed E-state index contributed by atoms with van der Waals surface area (Å²) in [7, 11) is 1.83. The van der Waals surface area contributed by atoms with E-state index >= 15 is 0 Å². The van der Waals surface area contributed by atoms with Crippen LogP contribution >= 0.6 is 12.4 Å². The molecule has 1 aromatic rings. The first-order valence-electron chi connectivity index (χ1n) is 7.79. The van der Waals surface area contributed by atoms with Crippen molar-refractivity contribution < 1.29 is 14.8 Å². The predicted octanol–water partition coefficient (Wildman–Crippen LogP) is 2.56. The zero-order chi connectivity index (χ0) is 17.0. The summed E-state index contributed by atoms with van der Waals surface area (Å²) < 4.78 is 0. The SMILES string of the molecule is CC(c1ccccc1[N+](=O)[O-])N1CCC(N(C)CC(=O)O)CC1.Cl. The Morgan fingerprint density at radius 1 is 1.42 bits per heavy atom. The fraction of sp³-hybridized carbons (Fsp3) is 0.562. The van der Waals surface area contributed by atoms with Gasteiger partial charge in [0.05, 0.1) is 11.5 Å². The van der Waals surface area contributed by atoms with Crippen molar-refractivity contribution in [2.45, 2.75) is 31.8 Å². The number of likely N-dealkylation sites (N-methyl/N-ethyl adjacent to an activating group) is 1. The average molecular weight is 358 g/mol. The van der Waals surface area contributed by atoms with E-state index in [1.54, 1.807) is 12.1 Å². The van der Waals surface area contributed by atoms with Gasteiger partial charge in [-0.05, 0) is 26.8 Å². The molecule has 24 heavy (non-hydrogen) atoms. The van der Waals surface area contributed by atoms with Crippen LogP contribution in [0.4, 0.5) is 5.69 Å². The molecule has 8 heteroatoms. The fourth-order valence-corrected chi connectivity index (χ4v) is 3.26. The number of nitrogens with zero attached hydrogens (tertiary/aromatic N) is 3. The summed E-state index contributed by atoms with van der Waals surface area (Å²) in [5.41, 5.74) is 0.889.